The molecule has 7 heteroatoms. The van der Waals surface area contributed by atoms with Crippen LogP contribution in [-0.2, 0) is 14.4 Å². The third-order valence-electron chi connectivity index (χ3n) is 2.13. The van der Waals surface area contributed by atoms with Crippen LogP contribution in [-0.4, -0.2) is 61.3 Å². The number of carbonyl (C=O) groups is 3. The van der Waals surface area contributed by atoms with Crippen molar-refractivity contribution >= 4 is 17.7 Å². The van der Waals surface area contributed by atoms with Gasteiger partial charge in [0, 0.05) is 20.6 Å². The van der Waals surface area contributed by atoms with E-state index in [1.165, 1.54) is 9.80 Å². The summed E-state index contributed by atoms with van der Waals surface area (Å²) in [5, 5.41) is 10.5. The van der Waals surface area contributed by atoms with Crippen LogP contribution in [0.5, 0.6) is 0 Å². The molecular weight excluding hydrogens is 236 g/mol. The average molecular weight is 254 g/mol. The van der Waals surface area contributed by atoms with Crippen LogP contribution in [0.3, 0.4) is 0 Å². The number of nitrogens with zero attached hydrogens (tertiary/aromatic N) is 3. The average Bonchev–Trinajstić information content (AvgIpc) is 2.34. The Kier molecular flexibility index (Phi) is 7.12. The fourth-order valence-corrected chi connectivity index (χ4v) is 1.17. The van der Waals surface area contributed by atoms with Crippen molar-refractivity contribution in [3.05, 3.63) is 0 Å². The number of carbonyl (C=O) groups excluding carboxylic acids is 3. The summed E-state index contributed by atoms with van der Waals surface area (Å²) in [6.45, 7) is 1.79. The molecule has 0 bridgehead atoms. The fraction of sp³-hybridized carbons (Fsp3) is 0.636. The van der Waals surface area contributed by atoms with Gasteiger partial charge >= 0.3 is 11.8 Å². The number of nitrogens with one attached hydrogen (secondary N) is 1. The molecule has 0 heterocycles. The number of likely N-dealkylation sites (N-methyl/N-ethyl adjacent to an activating group) is 1. The van der Waals surface area contributed by atoms with E-state index in [-0.39, 0.29) is 19.0 Å². The molecule has 0 aromatic rings. The van der Waals surface area contributed by atoms with Crippen LogP contribution >= 0.6 is 0 Å². The van der Waals surface area contributed by atoms with Crippen LogP contribution in [0, 0.1) is 11.3 Å². The molecular formula is C11H18N4O3. The molecule has 0 rings (SSSR count). The molecule has 0 saturated carbocycles. The number of nitriles is 1. The first-order chi connectivity index (χ1) is 8.43. The third-order valence-corrected chi connectivity index (χ3v) is 2.13. The van der Waals surface area contributed by atoms with Crippen LogP contribution in [0.2, 0.25) is 0 Å². The van der Waals surface area contributed by atoms with E-state index >= 15 is 0 Å². The monoisotopic (exact) mass is 254 g/mol. The van der Waals surface area contributed by atoms with Gasteiger partial charge in [-0.3, -0.25) is 14.4 Å². The van der Waals surface area contributed by atoms with E-state index in [1.54, 1.807) is 20.2 Å². The summed E-state index contributed by atoms with van der Waals surface area (Å²) in [4.78, 5) is 37.2. The first kappa shape index (κ1) is 15.9. The highest BCUT2D eigenvalue weighted by Gasteiger charge is 2.23. The SMILES string of the molecule is CCCN(CC(=O)N(C)C)C(=O)C(=O)NCC#N. The van der Waals surface area contributed by atoms with E-state index in [9.17, 15) is 14.4 Å². The zero-order chi connectivity index (χ0) is 14.1. The highest BCUT2D eigenvalue weighted by Crippen LogP contribution is 1.95. The van der Waals surface area contributed by atoms with Gasteiger partial charge < -0.3 is 15.1 Å². The van der Waals surface area contributed by atoms with Crippen molar-refractivity contribution in [3.63, 3.8) is 0 Å². The molecule has 3 amide bonds. The van der Waals surface area contributed by atoms with E-state index in [0.717, 1.165) is 0 Å². The maximum absolute atomic E-state index is 11.7. The zero-order valence-corrected chi connectivity index (χ0v) is 10.9. The van der Waals surface area contributed by atoms with Crippen molar-refractivity contribution in [3.8, 4) is 6.07 Å². The normalized spacial score (nSPS) is 9.22. The summed E-state index contributed by atoms with van der Waals surface area (Å²) in [7, 11) is 3.15. The highest BCUT2D eigenvalue weighted by molar-refractivity contribution is 6.35. The Labute approximate surface area is 106 Å². The fourth-order valence-electron chi connectivity index (χ4n) is 1.17. The van der Waals surface area contributed by atoms with E-state index in [2.05, 4.69) is 5.32 Å². The van der Waals surface area contributed by atoms with E-state index < -0.39 is 11.8 Å². The van der Waals surface area contributed by atoms with Crippen molar-refractivity contribution in [2.45, 2.75) is 13.3 Å². The van der Waals surface area contributed by atoms with Crippen molar-refractivity contribution in [1.29, 1.82) is 5.26 Å². The second-order valence-electron chi connectivity index (χ2n) is 3.86. The van der Waals surface area contributed by atoms with Gasteiger partial charge in [-0.15, -0.1) is 0 Å². The van der Waals surface area contributed by atoms with Gasteiger partial charge in [-0.1, -0.05) is 6.92 Å². The molecule has 0 radical (unpaired) electrons. The summed E-state index contributed by atoms with van der Waals surface area (Å²) in [6.07, 6.45) is 0.637. The quantitative estimate of drug-likeness (QED) is 0.500. The second kappa shape index (κ2) is 8.06. The van der Waals surface area contributed by atoms with Crippen molar-refractivity contribution in [1.82, 2.24) is 15.1 Å². The molecule has 0 aliphatic rings. The Morgan fingerprint density at radius 1 is 1.28 bits per heavy atom. The lowest BCUT2D eigenvalue weighted by Gasteiger charge is -2.22. The minimum absolute atomic E-state index is 0.139. The highest BCUT2D eigenvalue weighted by atomic mass is 16.2. The first-order valence-corrected chi connectivity index (χ1v) is 5.58. The van der Waals surface area contributed by atoms with Crippen LogP contribution < -0.4 is 5.32 Å². The van der Waals surface area contributed by atoms with E-state index in [1.807, 2.05) is 6.92 Å². The van der Waals surface area contributed by atoms with Crippen LogP contribution in [0.25, 0.3) is 0 Å². The van der Waals surface area contributed by atoms with Gasteiger partial charge in [0.05, 0.1) is 6.07 Å². The lowest BCUT2D eigenvalue weighted by Crippen LogP contribution is -2.47. The largest absolute Gasteiger partial charge is 0.347 e. The molecule has 0 aromatic carbocycles. The molecule has 100 valence electrons. The van der Waals surface area contributed by atoms with E-state index in [0.29, 0.717) is 13.0 Å². The Balaban J connectivity index is 4.59. The predicted molar refractivity (Wildman–Crippen MR) is 64.2 cm³/mol. The number of hydrogen-bond donors (Lipinski definition) is 1. The van der Waals surface area contributed by atoms with Gasteiger partial charge in [-0.25, -0.2) is 0 Å². The van der Waals surface area contributed by atoms with Gasteiger partial charge in [0.1, 0.15) is 13.1 Å². The lowest BCUT2D eigenvalue weighted by atomic mass is 10.3. The maximum Gasteiger partial charge on any atom is 0.312 e. The van der Waals surface area contributed by atoms with E-state index in [4.69, 9.17) is 5.26 Å². The molecule has 1 N–H and O–H groups in total. The van der Waals surface area contributed by atoms with Crippen LogP contribution in [0.4, 0.5) is 0 Å². The van der Waals surface area contributed by atoms with Crippen molar-refractivity contribution in [2.75, 3.05) is 33.7 Å². The molecule has 0 saturated heterocycles. The number of hydrogen-bond acceptors (Lipinski definition) is 4. The molecule has 0 unspecified atom stereocenters. The molecule has 0 aliphatic heterocycles. The number of amides is 3. The lowest BCUT2D eigenvalue weighted by molar-refractivity contribution is -0.148. The Morgan fingerprint density at radius 2 is 1.89 bits per heavy atom. The number of rotatable bonds is 5. The summed E-state index contributed by atoms with van der Waals surface area (Å²) < 4.78 is 0. The molecule has 0 aromatic heterocycles. The van der Waals surface area contributed by atoms with Crippen LogP contribution in [0.15, 0.2) is 0 Å². The predicted octanol–water partition coefficient (Wildman–Crippen LogP) is -1.05. The molecule has 0 atom stereocenters. The minimum atomic E-state index is -0.864. The summed E-state index contributed by atoms with van der Waals surface area (Å²) in [5.41, 5.74) is 0. The second-order valence-corrected chi connectivity index (χ2v) is 3.86. The standard InChI is InChI=1S/C11H18N4O3/c1-4-7-15(8-9(16)14(2)3)11(18)10(17)13-6-5-12/h4,6-8H2,1-3H3,(H,13,17). The van der Waals surface area contributed by atoms with Gasteiger partial charge in [0.25, 0.3) is 0 Å². The van der Waals surface area contributed by atoms with Crippen molar-refractivity contribution in [2.24, 2.45) is 0 Å². The summed E-state index contributed by atoms with van der Waals surface area (Å²) in [5.74, 6) is -1.91. The Bertz CT molecular complexity index is 360. The molecule has 7 nitrogen and oxygen atoms in total. The summed E-state index contributed by atoms with van der Waals surface area (Å²) in [6, 6.07) is 1.71. The van der Waals surface area contributed by atoms with Crippen molar-refractivity contribution < 1.29 is 14.4 Å². The minimum Gasteiger partial charge on any atom is -0.347 e. The Morgan fingerprint density at radius 3 is 2.33 bits per heavy atom. The first-order valence-electron chi connectivity index (χ1n) is 5.58. The van der Waals surface area contributed by atoms with Gasteiger partial charge in [-0.05, 0) is 6.42 Å². The molecule has 0 spiro atoms. The molecule has 0 fully saturated rings. The van der Waals surface area contributed by atoms with Gasteiger partial charge in [0.15, 0.2) is 0 Å². The van der Waals surface area contributed by atoms with Crippen LogP contribution in [0.1, 0.15) is 13.3 Å². The summed E-state index contributed by atoms with van der Waals surface area (Å²) >= 11 is 0. The maximum atomic E-state index is 11.7. The Hall–Kier alpha value is -2.10. The molecule has 0 aliphatic carbocycles. The third kappa shape index (κ3) is 5.30. The topological polar surface area (TPSA) is 93.5 Å². The smallest absolute Gasteiger partial charge is 0.312 e. The van der Waals surface area contributed by atoms with Gasteiger partial charge in [0.2, 0.25) is 5.91 Å². The zero-order valence-electron chi connectivity index (χ0n) is 10.9. The molecule has 18 heavy (non-hydrogen) atoms. The van der Waals surface area contributed by atoms with Gasteiger partial charge in [-0.2, -0.15) is 5.26 Å².